The number of rotatable bonds is 5. The Morgan fingerprint density at radius 3 is 2.50 bits per heavy atom. The molecule has 0 aromatic rings. The summed E-state index contributed by atoms with van der Waals surface area (Å²) in [5, 5.41) is 0.242. The maximum absolute atomic E-state index is 11.9. The van der Waals surface area contributed by atoms with E-state index >= 15 is 0 Å². The third-order valence-electron chi connectivity index (χ3n) is 4.78. The number of ether oxygens (including phenoxy) is 1. The average Bonchev–Trinajstić information content (AvgIpc) is 2.28. The van der Waals surface area contributed by atoms with Crippen molar-refractivity contribution in [2.75, 3.05) is 6.61 Å². The largest absolute Gasteiger partial charge is 0.497 e. The standard InChI is InChI=1S/C16H30O3Si/c1-15(2,3)20(6,7)19-11-8-9-14-16(4,5)13(17)10-12-18-14/h10,12,14H,8-9,11H2,1-7H3/t14-/m1/s1. The summed E-state index contributed by atoms with van der Waals surface area (Å²) in [6.07, 6.45) is 4.82. The van der Waals surface area contributed by atoms with E-state index in [4.69, 9.17) is 9.16 Å². The molecule has 0 fully saturated rings. The summed E-state index contributed by atoms with van der Waals surface area (Å²) >= 11 is 0. The summed E-state index contributed by atoms with van der Waals surface area (Å²) < 4.78 is 11.8. The highest BCUT2D eigenvalue weighted by atomic mass is 28.4. The van der Waals surface area contributed by atoms with E-state index in [0.29, 0.717) is 0 Å². The van der Waals surface area contributed by atoms with Gasteiger partial charge in [0.25, 0.3) is 0 Å². The van der Waals surface area contributed by atoms with Crippen molar-refractivity contribution in [3.63, 3.8) is 0 Å². The van der Waals surface area contributed by atoms with Crippen molar-refractivity contribution in [3.05, 3.63) is 12.3 Å². The minimum atomic E-state index is -1.66. The summed E-state index contributed by atoms with van der Waals surface area (Å²) in [6, 6.07) is 0. The number of carbonyl (C=O) groups is 1. The molecule has 0 unspecified atom stereocenters. The van der Waals surface area contributed by atoms with Crippen LogP contribution in [0.5, 0.6) is 0 Å². The molecule has 3 nitrogen and oxygen atoms in total. The highest BCUT2D eigenvalue weighted by Crippen LogP contribution is 2.37. The lowest BCUT2D eigenvalue weighted by Crippen LogP contribution is -2.42. The molecule has 0 saturated heterocycles. The molecule has 116 valence electrons. The molecule has 1 aliphatic rings. The Morgan fingerprint density at radius 1 is 1.35 bits per heavy atom. The second-order valence-corrected chi connectivity index (χ2v) is 12.6. The van der Waals surface area contributed by atoms with Crippen LogP contribution in [-0.2, 0) is 14.0 Å². The Morgan fingerprint density at radius 2 is 1.95 bits per heavy atom. The van der Waals surface area contributed by atoms with Crippen LogP contribution in [-0.4, -0.2) is 26.8 Å². The van der Waals surface area contributed by atoms with Crippen LogP contribution in [0.25, 0.3) is 0 Å². The van der Waals surface area contributed by atoms with Crippen LogP contribution in [0.3, 0.4) is 0 Å². The quantitative estimate of drug-likeness (QED) is 0.561. The molecule has 0 spiro atoms. The van der Waals surface area contributed by atoms with Gasteiger partial charge in [-0.3, -0.25) is 4.79 Å². The first-order valence-electron chi connectivity index (χ1n) is 7.49. The summed E-state index contributed by atoms with van der Waals surface area (Å²) in [6.45, 7) is 15.9. The van der Waals surface area contributed by atoms with Gasteiger partial charge >= 0.3 is 0 Å². The molecule has 0 aromatic carbocycles. The lowest BCUT2D eigenvalue weighted by molar-refractivity contribution is -0.131. The van der Waals surface area contributed by atoms with E-state index in [2.05, 4.69) is 33.9 Å². The summed E-state index contributed by atoms with van der Waals surface area (Å²) in [5.74, 6) is 0.152. The molecule has 1 atom stereocenters. The molecule has 0 aliphatic carbocycles. The van der Waals surface area contributed by atoms with Gasteiger partial charge in [0.15, 0.2) is 14.1 Å². The molecular formula is C16H30O3Si. The molecular weight excluding hydrogens is 268 g/mol. The van der Waals surface area contributed by atoms with Gasteiger partial charge in [-0.25, -0.2) is 0 Å². The number of hydrogen-bond donors (Lipinski definition) is 0. The number of allylic oxidation sites excluding steroid dienone is 1. The first-order valence-corrected chi connectivity index (χ1v) is 10.4. The van der Waals surface area contributed by atoms with Crippen LogP contribution in [0.1, 0.15) is 47.5 Å². The maximum Gasteiger partial charge on any atom is 0.191 e. The fraction of sp³-hybridized carbons (Fsp3) is 0.812. The predicted molar refractivity (Wildman–Crippen MR) is 85.2 cm³/mol. The normalized spacial score (nSPS) is 22.8. The van der Waals surface area contributed by atoms with Gasteiger partial charge in [-0.05, 0) is 44.8 Å². The van der Waals surface area contributed by atoms with Crippen molar-refractivity contribution < 1.29 is 14.0 Å². The minimum absolute atomic E-state index is 0.0389. The van der Waals surface area contributed by atoms with Crippen LogP contribution < -0.4 is 0 Å². The molecule has 20 heavy (non-hydrogen) atoms. The Bertz CT molecular complexity index is 378. The van der Waals surface area contributed by atoms with E-state index in [1.54, 1.807) is 0 Å². The van der Waals surface area contributed by atoms with Gasteiger partial charge in [-0.1, -0.05) is 20.8 Å². The summed E-state index contributed by atoms with van der Waals surface area (Å²) in [7, 11) is -1.66. The summed E-state index contributed by atoms with van der Waals surface area (Å²) in [5.41, 5.74) is -0.425. The third kappa shape index (κ3) is 3.95. The fourth-order valence-corrected chi connectivity index (χ4v) is 3.07. The van der Waals surface area contributed by atoms with Gasteiger partial charge < -0.3 is 9.16 Å². The van der Waals surface area contributed by atoms with Crippen LogP contribution >= 0.6 is 0 Å². The second-order valence-electron chi connectivity index (χ2n) is 7.76. The Labute approximate surface area is 124 Å². The first-order chi connectivity index (χ1) is 8.98. The Balaban J connectivity index is 2.43. The van der Waals surface area contributed by atoms with E-state index in [1.165, 1.54) is 12.3 Å². The zero-order chi connectivity index (χ0) is 15.6. The van der Waals surface area contributed by atoms with Crippen LogP contribution in [0, 0.1) is 5.41 Å². The minimum Gasteiger partial charge on any atom is -0.497 e. The van der Waals surface area contributed by atoms with Crippen LogP contribution in [0.15, 0.2) is 12.3 Å². The monoisotopic (exact) mass is 298 g/mol. The van der Waals surface area contributed by atoms with E-state index in [9.17, 15) is 4.79 Å². The Hall–Kier alpha value is -0.613. The molecule has 0 radical (unpaired) electrons. The Kier molecular flexibility index (Phi) is 5.25. The molecule has 4 heteroatoms. The molecule has 0 saturated carbocycles. The van der Waals surface area contributed by atoms with Crippen molar-refractivity contribution in [1.82, 2.24) is 0 Å². The molecule has 1 heterocycles. The van der Waals surface area contributed by atoms with Crippen molar-refractivity contribution in [1.29, 1.82) is 0 Å². The van der Waals surface area contributed by atoms with Crippen molar-refractivity contribution in [2.45, 2.75) is 71.7 Å². The lowest BCUT2D eigenvalue weighted by Gasteiger charge is -2.37. The van der Waals surface area contributed by atoms with Gasteiger partial charge in [0.1, 0.15) is 6.10 Å². The smallest absolute Gasteiger partial charge is 0.191 e. The second kappa shape index (κ2) is 6.02. The third-order valence-corrected chi connectivity index (χ3v) is 9.32. The lowest BCUT2D eigenvalue weighted by atomic mass is 9.79. The van der Waals surface area contributed by atoms with Gasteiger partial charge in [-0.15, -0.1) is 0 Å². The van der Waals surface area contributed by atoms with Gasteiger partial charge in [0.05, 0.1) is 11.7 Å². The highest BCUT2D eigenvalue weighted by Gasteiger charge is 2.39. The van der Waals surface area contributed by atoms with Crippen molar-refractivity contribution in [2.24, 2.45) is 5.41 Å². The SMILES string of the molecule is CC1(C)C(=O)C=CO[C@@H]1CCCO[Si](C)(C)C(C)(C)C. The molecule has 0 aromatic heterocycles. The van der Waals surface area contributed by atoms with Crippen molar-refractivity contribution >= 4 is 14.1 Å². The van der Waals surface area contributed by atoms with Crippen molar-refractivity contribution in [3.8, 4) is 0 Å². The fourth-order valence-electron chi connectivity index (χ4n) is 1.98. The number of ketones is 1. The summed E-state index contributed by atoms with van der Waals surface area (Å²) in [4.78, 5) is 11.9. The van der Waals surface area contributed by atoms with Crippen LogP contribution in [0.4, 0.5) is 0 Å². The van der Waals surface area contributed by atoms with Gasteiger partial charge in [0, 0.05) is 12.7 Å². The molecule has 1 aliphatic heterocycles. The average molecular weight is 298 g/mol. The van der Waals surface area contributed by atoms with E-state index in [1.807, 2.05) is 13.8 Å². The molecule has 1 rings (SSSR count). The maximum atomic E-state index is 11.9. The predicted octanol–water partition coefficient (Wildman–Crippen LogP) is 4.30. The van der Waals surface area contributed by atoms with Gasteiger partial charge in [-0.2, -0.15) is 0 Å². The van der Waals surface area contributed by atoms with E-state index < -0.39 is 13.7 Å². The molecule has 0 bridgehead atoms. The van der Waals surface area contributed by atoms with E-state index in [0.717, 1.165) is 19.4 Å². The first kappa shape index (κ1) is 17.4. The molecule has 0 N–H and O–H groups in total. The number of hydrogen-bond acceptors (Lipinski definition) is 3. The van der Waals surface area contributed by atoms with Gasteiger partial charge in [0.2, 0.25) is 0 Å². The highest BCUT2D eigenvalue weighted by molar-refractivity contribution is 6.74. The topological polar surface area (TPSA) is 35.5 Å². The van der Waals surface area contributed by atoms with Crippen LogP contribution in [0.2, 0.25) is 18.1 Å². The van der Waals surface area contributed by atoms with E-state index in [-0.39, 0.29) is 16.9 Å². The zero-order valence-corrected chi connectivity index (χ0v) is 15.1. The molecule has 0 amide bonds. The zero-order valence-electron chi connectivity index (χ0n) is 14.1. The number of carbonyl (C=O) groups excluding carboxylic acids is 1.